The van der Waals surface area contributed by atoms with Crippen LogP contribution in [0.25, 0.3) is 0 Å². The first-order valence-corrected chi connectivity index (χ1v) is 5.34. The Balaban J connectivity index is 2.23. The smallest absolute Gasteiger partial charge is 0.00104 e. The molecular formula is C11H23N. The lowest BCUT2D eigenvalue weighted by molar-refractivity contribution is 0.314. The van der Waals surface area contributed by atoms with Gasteiger partial charge in [-0.3, -0.25) is 0 Å². The molecule has 1 nitrogen and oxygen atoms in total. The van der Waals surface area contributed by atoms with Crippen molar-refractivity contribution in [3.8, 4) is 0 Å². The molecule has 0 aromatic rings. The fourth-order valence-corrected chi connectivity index (χ4v) is 1.84. The number of nitrogens with one attached hydrogen (secondary N) is 1. The summed E-state index contributed by atoms with van der Waals surface area (Å²) in [5, 5.41) is 3.55. The molecule has 0 aliphatic heterocycles. The van der Waals surface area contributed by atoms with Gasteiger partial charge in [-0.15, -0.1) is 0 Å². The van der Waals surface area contributed by atoms with E-state index in [1.807, 2.05) is 0 Å². The summed E-state index contributed by atoms with van der Waals surface area (Å²) in [6.07, 6.45) is 2.95. The van der Waals surface area contributed by atoms with E-state index in [4.69, 9.17) is 0 Å². The van der Waals surface area contributed by atoms with Crippen LogP contribution in [0.1, 0.15) is 40.5 Å². The van der Waals surface area contributed by atoms with E-state index in [0.29, 0.717) is 6.04 Å². The molecule has 1 fully saturated rings. The maximum atomic E-state index is 3.55. The molecule has 1 rings (SSSR count). The minimum absolute atomic E-state index is 0.644. The van der Waals surface area contributed by atoms with Crippen LogP contribution in [-0.2, 0) is 0 Å². The van der Waals surface area contributed by atoms with Gasteiger partial charge >= 0.3 is 0 Å². The summed E-state index contributed by atoms with van der Waals surface area (Å²) in [4.78, 5) is 0. The summed E-state index contributed by atoms with van der Waals surface area (Å²) in [6, 6.07) is 0.644. The van der Waals surface area contributed by atoms with Gasteiger partial charge in [-0.05, 0) is 37.1 Å². The highest BCUT2D eigenvalue weighted by Gasteiger charge is 2.32. The zero-order valence-corrected chi connectivity index (χ0v) is 8.93. The third kappa shape index (κ3) is 3.14. The van der Waals surface area contributed by atoms with E-state index in [0.717, 1.165) is 17.8 Å². The van der Waals surface area contributed by atoms with E-state index < -0.39 is 0 Å². The average Bonchev–Trinajstić information content (AvgIpc) is 2.69. The molecule has 0 aromatic carbocycles. The Morgan fingerprint density at radius 1 is 1.17 bits per heavy atom. The molecule has 0 radical (unpaired) electrons. The van der Waals surface area contributed by atoms with Crippen molar-refractivity contribution in [1.82, 2.24) is 5.32 Å². The Hall–Kier alpha value is -0.0400. The van der Waals surface area contributed by atoms with Crippen molar-refractivity contribution in [3.05, 3.63) is 0 Å². The summed E-state index contributed by atoms with van der Waals surface area (Å²) in [7, 11) is 0. The van der Waals surface area contributed by atoms with E-state index in [1.54, 1.807) is 0 Å². The quantitative estimate of drug-likeness (QED) is 0.667. The lowest BCUT2D eigenvalue weighted by atomic mass is 9.91. The van der Waals surface area contributed by atoms with Crippen LogP contribution in [0.15, 0.2) is 0 Å². The van der Waals surface area contributed by atoms with Crippen molar-refractivity contribution >= 4 is 0 Å². The van der Waals surface area contributed by atoms with Gasteiger partial charge in [-0.1, -0.05) is 27.7 Å². The van der Waals surface area contributed by atoms with E-state index >= 15 is 0 Å². The Bertz CT molecular complexity index is 123. The largest absolute Gasteiger partial charge is 0.314 e. The topological polar surface area (TPSA) is 12.0 Å². The van der Waals surface area contributed by atoms with Crippen LogP contribution < -0.4 is 5.32 Å². The van der Waals surface area contributed by atoms with Crippen LogP contribution in [0, 0.1) is 17.8 Å². The van der Waals surface area contributed by atoms with Gasteiger partial charge in [0.05, 0.1) is 0 Å². The molecule has 1 atom stereocenters. The van der Waals surface area contributed by atoms with Gasteiger partial charge in [0.2, 0.25) is 0 Å². The number of rotatable bonds is 5. The van der Waals surface area contributed by atoms with Gasteiger partial charge in [0.1, 0.15) is 0 Å². The minimum atomic E-state index is 0.644. The van der Waals surface area contributed by atoms with Crippen LogP contribution in [0.2, 0.25) is 0 Å². The van der Waals surface area contributed by atoms with Gasteiger partial charge in [-0.2, -0.15) is 0 Å². The summed E-state index contributed by atoms with van der Waals surface area (Å²) >= 11 is 0. The first kappa shape index (κ1) is 10.0. The molecule has 1 saturated carbocycles. The fourth-order valence-electron chi connectivity index (χ4n) is 1.84. The molecule has 0 spiro atoms. The molecule has 0 aromatic heterocycles. The molecule has 1 aliphatic carbocycles. The third-order valence-electron chi connectivity index (χ3n) is 2.85. The maximum absolute atomic E-state index is 3.55. The van der Waals surface area contributed by atoms with Crippen molar-refractivity contribution < 1.29 is 0 Å². The second-order valence-corrected chi connectivity index (χ2v) is 4.81. The standard InChI is InChI=1S/C11H23N/c1-8(2)11(10-5-6-10)7-12-9(3)4/h8-12H,5-7H2,1-4H3. The van der Waals surface area contributed by atoms with Gasteiger partial charge < -0.3 is 5.32 Å². The average molecular weight is 169 g/mol. The molecule has 0 bridgehead atoms. The molecule has 1 unspecified atom stereocenters. The van der Waals surface area contributed by atoms with Crippen LogP contribution in [-0.4, -0.2) is 12.6 Å². The Labute approximate surface area is 76.9 Å². The van der Waals surface area contributed by atoms with Crippen LogP contribution in [0.5, 0.6) is 0 Å². The molecular weight excluding hydrogens is 146 g/mol. The normalized spacial score (nSPS) is 20.5. The van der Waals surface area contributed by atoms with Crippen molar-refractivity contribution in [2.75, 3.05) is 6.54 Å². The maximum Gasteiger partial charge on any atom is 0.00104 e. The Kier molecular flexibility index (Phi) is 3.57. The van der Waals surface area contributed by atoms with Crippen molar-refractivity contribution in [1.29, 1.82) is 0 Å². The Morgan fingerprint density at radius 3 is 2.08 bits per heavy atom. The first-order chi connectivity index (χ1) is 5.61. The SMILES string of the molecule is CC(C)NCC(C(C)C)C1CC1. The summed E-state index contributed by atoms with van der Waals surface area (Å²) in [5.41, 5.74) is 0. The predicted octanol–water partition coefficient (Wildman–Crippen LogP) is 2.67. The highest BCUT2D eigenvalue weighted by Crippen LogP contribution is 2.40. The van der Waals surface area contributed by atoms with Crippen LogP contribution in [0.3, 0.4) is 0 Å². The lowest BCUT2D eigenvalue weighted by Gasteiger charge is -2.22. The summed E-state index contributed by atoms with van der Waals surface area (Å²) in [6.45, 7) is 10.4. The molecule has 0 saturated heterocycles. The predicted molar refractivity (Wildman–Crippen MR) is 54.2 cm³/mol. The Morgan fingerprint density at radius 2 is 1.75 bits per heavy atom. The van der Waals surface area contributed by atoms with Gasteiger partial charge in [0.15, 0.2) is 0 Å². The minimum Gasteiger partial charge on any atom is -0.314 e. The van der Waals surface area contributed by atoms with Gasteiger partial charge in [0.25, 0.3) is 0 Å². The second kappa shape index (κ2) is 4.27. The summed E-state index contributed by atoms with van der Waals surface area (Å²) in [5.74, 6) is 2.81. The van der Waals surface area contributed by atoms with Crippen LogP contribution >= 0.6 is 0 Å². The zero-order valence-electron chi connectivity index (χ0n) is 8.93. The van der Waals surface area contributed by atoms with E-state index in [9.17, 15) is 0 Å². The van der Waals surface area contributed by atoms with Crippen molar-refractivity contribution in [2.24, 2.45) is 17.8 Å². The summed E-state index contributed by atoms with van der Waals surface area (Å²) < 4.78 is 0. The van der Waals surface area contributed by atoms with E-state index in [2.05, 4.69) is 33.0 Å². The van der Waals surface area contributed by atoms with Crippen molar-refractivity contribution in [3.63, 3.8) is 0 Å². The molecule has 0 heterocycles. The van der Waals surface area contributed by atoms with Crippen LogP contribution in [0.4, 0.5) is 0 Å². The number of hydrogen-bond donors (Lipinski definition) is 1. The molecule has 0 amide bonds. The molecule has 72 valence electrons. The van der Waals surface area contributed by atoms with E-state index in [-0.39, 0.29) is 0 Å². The molecule has 1 aliphatic rings. The molecule has 1 N–H and O–H groups in total. The fraction of sp³-hybridized carbons (Fsp3) is 1.00. The monoisotopic (exact) mass is 169 g/mol. The highest BCUT2D eigenvalue weighted by atomic mass is 14.9. The second-order valence-electron chi connectivity index (χ2n) is 4.81. The van der Waals surface area contributed by atoms with Crippen molar-refractivity contribution in [2.45, 2.75) is 46.6 Å². The third-order valence-corrected chi connectivity index (χ3v) is 2.85. The zero-order chi connectivity index (χ0) is 9.14. The molecule has 1 heteroatoms. The van der Waals surface area contributed by atoms with Gasteiger partial charge in [-0.25, -0.2) is 0 Å². The molecule has 12 heavy (non-hydrogen) atoms. The highest BCUT2D eigenvalue weighted by molar-refractivity contribution is 4.84. The van der Waals surface area contributed by atoms with E-state index in [1.165, 1.54) is 19.4 Å². The lowest BCUT2D eigenvalue weighted by Crippen LogP contribution is -2.32. The first-order valence-electron chi connectivity index (χ1n) is 5.34. The number of hydrogen-bond acceptors (Lipinski definition) is 1. The van der Waals surface area contributed by atoms with Gasteiger partial charge in [0, 0.05) is 6.04 Å².